The first-order chi connectivity index (χ1) is 12.6. The van der Waals surface area contributed by atoms with Crippen molar-refractivity contribution in [2.45, 2.75) is 19.4 Å². The molecule has 1 aromatic heterocycles. The van der Waals surface area contributed by atoms with E-state index >= 15 is 0 Å². The van der Waals surface area contributed by atoms with Crippen molar-refractivity contribution in [2.75, 3.05) is 19.6 Å². The summed E-state index contributed by atoms with van der Waals surface area (Å²) < 4.78 is 13.8. The minimum atomic E-state index is -0.289. The number of aromatic nitrogens is 1. The van der Waals surface area contributed by atoms with Crippen molar-refractivity contribution in [3.05, 3.63) is 69.4 Å². The number of likely N-dealkylation sites (tertiary alicyclic amines) is 1. The van der Waals surface area contributed by atoms with Gasteiger partial charge in [-0.25, -0.2) is 4.39 Å². The van der Waals surface area contributed by atoms with Gasteiger partial charge in [0.2, 0.25) is 5.56 Å². The molecule has 2 aliphatic rings. The van der Waals surface area contributed by atoms with Crippen molar-refractivity contribution in [1.29, 1.82) is 0 Å². The van der Waals surface area contributed by atoms with Gasteiger partial charge in [-0.2, -0.15) is 0 Å². The van der Waals surface area contributed by atoms with E-state index in [4.69, 9.17) is 0 Å². The van der Waals surface area contributed by atoms with E-state index in [-0.39, 0.29) is 41.7 Å². The van der Waals surface area contributed by atoms with Crippen molar-refractivity contribution < 1.29 is 9.18 Å². The van der Waals surface area contributed by atoms with Crippen molar-refractivity contribution in [3.8, 4) is 0 Å². The van der Waals surface area contributed by atoms with E-state index in [9.17, 15) is 14.0 Å². The fourth-order valence-electron chi connectivity index (χ4n) is 4.40. The highest BCUT2D eigenvalue weighted by Gasteiger charge is 2.47. The number of aryl methyl sites for hydroxylation is 1. The molecule has 2 aliphatic heterocycles. The smallest absolute Gasteiger partial charge is 0.256 e. The first kappa shape index (κ1) is 19.6. The molecule has 27 heavy (non-hydrogen) atoms. The maximum absolute atomic E-state index is 13.8. The van der Waals surface area contributed by atoms with E-state index < -0.39 is 0 Å². The highest BCUT2D eigenvalue weighted by molar-refractivity contribution is 5.95. The number of fused-ring (bicyclic) bond motifs is 1. The Morgan fingerprint density at radius 1 is 1.26 bits per heavy atom. The van der Waals surface area contributed by atoms with Crippen LogP contribution in [0.15, 0.2) is 41.2 Å². The molecule has 4 rings (SSSR count). The van der Waals surface area contributed by atoms with Crippen LogP contribution in [-0.4, -0.2) is 35.4 Å². The van der Waals surface area contributed by atoms with Gasteiger partial charge >= 0.3 is 0 Å². The number of hydrogen-bond donors (Lipinski definition) is 2. The quantitative estimate of drug-likeness (QED) is 0.845. The topological polar surface area (TPSA) is 65.2 Å². The van der Waals surface area contributed by atoms with Crippen LogP contribution in [-0.2, 0) is 6.42 Å². The molecule has 2 N–H and O–H groups in total. The second kappa shape index (κ2) is 7.82. The van der Waals surface area contributed by atoms with Crippen LogP contribution in [0.1, 0.15) is 34.6 Å². The fraction of sp³-hybridized carbons (Fsp3) is 0.400. The molecule has 144 valence electrons. The zero-order valence-electron chi connectivity index (χ0n) is 15.1. The molecule has 0 aliphatic carbocycles. The summed E-state index contributed by atoms with van der Waals surface area (Å²) in [7, 11) is 0. The first-order valence-electron chi connectivity index (χ1n) is 9.08. The van der Waals surface area contributed by atoms with E-state index in [2.05, 4.69) is 10.3 Å². The number of hydrogen-bond acceptors (Lipinski definition) is 3. The highest BCUT2D eigenvalue weighted by atomic mass is 35.5. The van der Waals surface area contributed by atoms with Crippen molar-refractivity contribution in [3.63, 3.8) is 0 Å². The number of carbonyl (C=O) groups is 1. The predicted octanol–water partition coefficient (Wildman–Crippen LogP) is 2.53. The molecule has 0 saturated carbocycles. The van der Waals surface area contributed by atoms with Crippen LogP contribution in [0.2, 0.25) is 0 Å². The van der Waals surface area contributed by atoms with Gasteiger partial charge in [-0.1, -0.05) is 19.1 Å². The van der Waals surface area contributed by atoms with Crippen LogP contribution in [0.3, 0.4) is 0 Å². The van der Waals surface area contributed by atoms with E-state index in [1.165, 1.54) is 18.2 Å². The third-order valence-electron chi connectivity index (χ3n) is 5.60. The average Bonchev–Trinajstić information content (AvgIpc) is 3.21. The molecule has 2 saturated heterocycles. The molecule has 0 unspecified atom stereocenters. The third kappa shape index (κ3) is 3.51. The number of nitrogens with zero attached hydrogens (tertiary/aromatic N) is 1. The number of benzene rings is 1. The first-order valence-corrected chi connectivity index (χ1v) is 9.08. The molecule has 2 aromatic rings. The van der Waals surface area contributed by atoms with Gasteiger partial charge in [0.05, 0.1) is 11.6 Å². The summed E-state index contributed by atoms with van der Waals surface area (Å²) in [4.78, 5) is 29.6. The Bertz CT molecular complexity index is 901. The lowest BCUT2D eigenvalue weighted by atomic mass is 9.89. The molecular formula is C20H23ClFN3O2. The summed E-state index contributed by atoms with van der Waals surface area (Å²) in [6.45, 7) is 4.24. The number of pyridine rings is 1. The summed E-state index contributed by atoms with van der Waals surface area (Å²) in [5, 5.41) is 3.39. The SMILES string of the molecule is CCc1[nH]c(=O)ccc1C(=O)N1C[C@@H]2CNC[C@@H]2[C@H]1c1cccc(F)c1.Cl. The Kier molecular flexibility index (Phi) is 5.67. The lowest BCUT2D eigenvalue weighted by molar-refractivity contribution is 0.0712. The van der Waals surface area contributed by atoms with Gasteiger partial charge < -0.3 is 15.2 Å². The Hall–Kier alpha value is -2.18. The van der Waals surface area contributed by atoms with Gasteiger partial charge in [0.25, 0.3) is 5.91 Å². The number of carbonyl (C=O) groups excluding carboxylic acids is 1. The average molecular weight is 392 g/mol. The van der Waals surface area contributed by atoms with Crippen LogP contribution < -0.4 is 10.9 Å². The largest absolute Gasteiger partial charge is 0.331 e. The van der Waals surface area contributed by atoms with Gasteiger partial charge in [-0.3, -0.25) is 9.59 Å². The lowest BCUT2D eigenvalue weighted by Crippen LogP contribution is -2.35. The number of amides is 1. The van der Waals surface area contributed by atoms with Gasteiger partial charge in [-0.15, -0.1) is 12.4 Å². The summed E-state index contributed by atoms with van der Waals surface area (Å²) in [5.74, 6) is 0.248. The summed E-state index contributed by atoms with van der Waals surface area (Å²) in [6, 6.07) is 9.38. The number of H-pyrrole nitrogens is 1. The second-order valence-corrected chi connectivity index (χ2v) is 7.11. The van der Waals surface area contributed by atoms with Crippen LogP contribution in [0, 0.1) is 17.7 Å². The van der Waals surface area contributed by atoms with Crippen LogP contribution in [0.5, 0.6) is 0 Å². The van der Waals surface area contributed by atoms with Crippen molar-refractivity contribution >= 4 is 18.3 Å². The number of aromatic amines is 1. The molecule has 0 bridgehead atoms. The van der Waals surface area contributed by atoms with Crippen LogP contribution in [0.25, 0.3) is 0 Å². The van der Waals surface area contributed by atoms with Gasteiger partial charge in [0, 0.05) is 37.3 Å². The molecule has 7 heteroatoms. The van der Waals surface area contributed by atoms with E-state index in [0.29, 0.717) is 30.1 Å². The normalized spacial score (nSPS) is 23.8. The number of rotatable bonds is 3. The Labute approximate surface area is 163 Å². The zero-order chi connectivity index (χ0) is 18.3. The van der Waals surface area contributed by atoms with E-state index in [1.54, 1.807) is 12.1 Å². The Morgan fingerprint density at radius 3 is 2.81 bits per heavy atom. The number of nitrogens with one attached hydrogen (secondary N) is 2. The monoisotopic (exact) mass is 391 g/mol. The minimum Gasteiger partial charge on any atom is -0.331 e. The summed E-state index contributed by atoms with van der Waals surface area (Å²) in [5.41, 5.74) is 1.80. The van der Waals surface area contributed by atoms with E-state index in [1.807, 2.05) is 17.9 Å². The second-order valence-electron chi connectivity index (χ2n) is 7.11. The molecule has 5 nitrogen and oxygen atoms in total. The molecule has 3 atom stereocenters. The van der Waals surface area contributed by atoms with Gasteiger partial charge in [-0.05, 0) is 36.1 Å². The number of halogens is 2. The van der Waals surface area contributed by atoms with Gasteiger partial charge in [0.1, 0.15) is 5.82 Å². The third-order valence-corrected chi connectivity index (χ3v) is 5.60. The maximum atomic E-state index is 13.8. The van der Waals surface area contributed by atoms with Crippen LogP contribution in [0.4, 0.5) is 4.39 Å². The minimum absolute atomic E-state index is 0. The molecule has 3 heterocycles. The van der Waals surface area contributed by atoms with Crippen molar-refractivity contribution in [2.24, 2.45) is 11.8 Å². The van der Waals surface area contributed by atoms with Crippen LogP contribution >= 0.6 is 12.4 Å². The predicted molar refractivity (Wildman–Crippen MR) is 104 cm³/mol. The Balaban J connectivity index is 0.00000210. The molecule has 1 aromatic carbocycles. The fourth-order valence-corrected chi connectivity index (χ4v) is 4.40. The molecule has 0 spiro atoms. The maximum Gasteiger partial charge on any atom is 0.256 e. The summed E-state index contributed by atoms with van der Waals surface area (Å²) >= 11 is 0. The molecule has 2 fully saturated rings. The molecular weight excluding hydrogens is 369 g/mol. The van der Waals surface area contributed by atoms with Gasteiger partial charge in [0.15, 0.2) is 0 Å². The molecule has 1 amide bonds. The van der Waals surface area contributed by atoms with Crippen molar-refractivity contribution in [1.82, 2.24) is 15.2 Å². The Morgan fingerprint density at radius 2 is 2.07 bits per heavy atom. The lowest BCUT2D eigenvalue weighted by Gasteiger charge is -2.29. The van der Waals surface area contributed by atoms with E-state index in [0.717, 1.165) is 18.7 Å². The summed E-state index contributed by atoms with van der Waals surface area (Å²) in [6.07, 6.45) is 0.573. The standard InChI is InChI=1S/C20H22FN3O2.ClH/c1-2-17-15(6-7-18(25)23-17)20(26)24-11-13-9-22-10-16(13)19(24)12-4-3-5-14(21)8-12;/h3-8,13,16,19,22H,2,9-11H2,1H3,(H,23,25);1H/t13-,16-,19+;/m0./s1. The molecule has 0 radical (unpaired) electrons. The zero-order valence-corrected chi connectivity index (χ0v) is 15.9. The highest BCUT2D eigenvalue weighted by Crippen LogP contribution is 2.43.